The topological polar surface area (TPSA) is 46.5 Å². The lowest BCUT2D eigenvalue weighted by Gasteiger charge is -2.02. The molecule has 0 fully saturated rings. The number of hydrogen-bond donors (Lipinski definition) is 1. The van der Waals surface area contributed by atoms with E-state index in [1.165, 1.54) is 6.08 Å². The smallest absolute Gasteiger partial charge is 0.341 e. The van der Waals surface area contributed by atoms with Crippen molar-refractivity contribution in [2.45, 2.75) is 13.3 Å². The molecule has 0 amide bonds. The number of carbonyl (C=O) groups excluding carboxylic acids is 1. The van der Waals surface area contributed by atoms with Gasteiger partial charge >= 0.3 is 5.97 Å². The molecule has 0 atom stereocenters. The van der Waals surface area contributed by atoms with Crippen molar-refractivity contribution in [2.24, 2.45) is 0 Å². The third-order valence-corrected chi connectivity index (χ3v) is 1.60. The van der Waals surface area contributed by atoms with Crippen molar-refractivity contribution in [2.75, 3.05) is 6.61 Å². The molecule has 0 aromatic carbocycles. The average molecular weight is 180 g/mol. The second-order valence-corrected chi connectivity index (χ2v) is 2.56. The fourth-order valence-corrected chi connectivity index (χ4v) is 1.00. The van der Waals surface area contributed by atoms with Crippen LogP contribution in [-0.4, -0.2) is 17.7 Å². The molecule has 1 aliphatic carbocycles. The van der Waals surface area contributed by atoms with Crippen LogP contribution in [0.5, 0.6) is 0 Å². The Balaban J connectivity index is 2.86. The predicted molar refractivity (Wildman–Crippen MR) is 49.2 cm³/mol. The van der Waals surface area contributed by atoms with Gasteiger partial charge in [0, 0.05) is 0 Å². The van der Waals surface area contributed by atoms with Crippen molar-refractivity contribution in [1.29, 1.82) is 0 Å². The lowest BCUT2D eigenvalue weighted by Crippen LogP contribution is -2.07. The molecule has 70 valence electrons. The van der Waals surface area contributed by atoms with E-state index in [9.17, 15) is 9.90 Å². The summed E-state index contributed by atoms with van der Waals surface area (Å²) in [5.74, 6) is -0.519. The van der Waals surface area contributed by atoms with E-state index in [-0.39, 0.29) is 11.3 Å². The van der Waals surface area contributed by atoms with E-state index in [0.717, 1.165) is 0 Å². The van der Waals surface area contributed by atoms with Crippen molar-refractivity contribution >= 4 is 5.97 Å². The van der Waals surface area contributed by atoms with E-state index in [0.29, 0.717) is 13.0 Å². The Bertz CT molecular complexity index is 285. The van der Waals surface area contributed by atoms with Crippen LogP contribution in [0, 0.1) is 0 Å². The van der Waals surface area contributed by atoms with Gasteiger partial charge in [-0.05, 0) is 25.5 Å². The molecule has 3 heteroatoms. The Labute approximate surface area is 77.0 Å². The minimum Gasteiger partial charge on any atom is -0.507 e. The Morgan fingerprint density at radius 1 is 1.54 bits per heavy atom. The highest BCUT2D eigenvalue weighted by atomic mass is 16.5. The maximum absolute atomic E-state index is 11.2. The molecule has 13 heavy (non-hydrogen) atoms. The van der Waals surface area contributed by atoms with Gasteiger partial charge in [-0.2, -0.15) is 0 Å². The Morgan fingerprint density at radius 3 is 2.92 bits per heavy atom. The van der Waals surface area contributed by atoms with Crippen LogP contribution in [0.1, 0.15) is 13.3 Å². The van der Waals surface area contributed by atoms with Crippen LogP contribution in [0.3, 0.4) is 0 Å². The van der Waals surface area contributed by atoms with Gasteiger partial charge in [-0.25, -0.2) is 4.79 Å². The quantitative estimate of drug-likeness (QED) is 0.660. The van der Waals surface area contributed by atoms with Gasteiger partial charge in [0.25, 0.3) is 0 Å². The molecule has 1 aliphatic rings. The summed E-state index contributed by atoms with van der Waals surface area (Å²) in [6.45, 7) is 2.04. The zero-order valence-corrected chi connectivity index (χ0v) is 7.49. The summed E-state index contributed by atoms with van der Waals surface area (Å²) in [5.41, 5.74) is 0.218. The van der Waals surface area contributed by atoms with Gasteiger partial charge in [0.15, 0.2) is 0 Å². The minimum atomic E-state index is -0.484. The molecule has 0 saturated heterocycles. The highest BCUT2D eigenvalue weighted by Crippen LogP contribution is 2.12. The average Bonchev–Trinajstić information content (AvgIpc) is 2.30. The summed E-state index contributed by atoms with van der Waals surface area (Å²) in [5, 5.41) is 9.39. The molecule has 1 rings (SSSR count). The van der Waals surface area contributed by atoms with Gasteiger partial charge in [-0.1, -0.05) is 12.2 Å². The molecule has 0 bridgehead atoms. The maximum atomic E-state index is 11.2. The molecule has 0 spiro atoms. The van der Waals surface area contributed by atoms with E-state index < -0.39 is 5.97 Å². The number of aliphatic hydroxyl groups is 1. The van der Waals surface area contributed by atoms with Crippen LogP contribution in [0.15, 0.2) is 35.6 Å². The second kappa shape index (κ2) is 4.50. The first kappa shape index (κ1) is 9.58. The molecule has 0 aromatic rings. The van der Waals surface area contributed by atoms with Crippen molar-refractivity contribution < 1.29 is 14.6 Å². The summed E-state index contributed by atoms with van der Waals surface area (Å²) < 4.78 is 4.77. The van der Waals surface area contributed by atoms with E-state index in [1.807, 2.05) is 0 Å². The highest BCUT2D eigenvalue weighted by molar-refractivity contribution is 5.92. The lowest BCUT2D eigenvalue weighted by molar-refractivity contribution is -0.138. The van der Waals surface area contributed by atoms with Crippen LogP contribution < -0.4 is 0 Å². The molecule has 0 unspecified atom stereocenters. The fraction of sp³-hybridized carbons (Fsp3) is 0.300. The lowest BCUT2D eigenvalue weighted by atomic mass is 10.2. The second-order valence-electron chi connectivity index (χ2n) is 2.56. The van der Waals surface area contributed by atoms with Crippen LogP contribution in [0.25, 0.3) is 0 Å². The monoisotopic (exact) mass is 180 g/mol. The molecule has 1 N–H and O–H groups in total. The van der Waals surface area contributed by atoms with Crippen LogP contribution in [0.4, 0.5) is 0 Å². The molecule has 0 aliphatic heterocycles. The minimum absolute atomic E-state index is 0.0350. The highest BCUT2D eigenvalue weighted by Gasteiger charge is 2.12. The van der Waals surface area contributed by atoms with E-state index >= 15 is 0 Å². The van der Waals surface area contributed by atoms with Gasteiger partial charge in [-0.15, -0.1) is 0 Å². The molecular formula is C10H12O3. The summed E-state index contributed by atoms with van der Waals surface area (Å²) in [6.07, 6.45) is 7.37. The van der Waals surface area contributed by atoms with Crippen molar-refractivity contribution in [3.05, 3.63) is 35.6 Å². The van der Waals surface area contributed by atoms with Crippen molar-refractivity contribution in [1.82, 2.24) is 0 Å². The van der Waals surface area contributed by atoms with Crippen LogP contribution >= 0.6 is 0 Å². The van der Waals surface area contributed by atoms with E-state index in [1.54, 1.807) is 25.2 Å². The first-order chi connectivity index (χ1) is 6.25. The normalized spacial score (nSPS) is 15.8. The first-order valence-electron chi connectivity index (χ1n) is 4.19. The van der Waals surface area contributed by atoms with E-state index in [4.69, 9.17) is 4.74 Å². The maximum Gasteiger partial charge on any atom is 0.341 e. The SMILES string of the molecule is CCOC(=O)C1=C(O)C=CCC=C1. The third-order valence-electron chi connectivity index (χ3n) is 1.60. The molecule has 0 aromatic heterocycles. The molecule has 3 nitrogen and oxygen atoms in total. The number of hydrogen-bond acceptors (Lipinski definition) is 3. The standard InChI is InChI=1S/C10H12O3/c1-2-13-10(12)8-6-4-3-5-7-9(8)11/h4-7,11H,2-3H2,1H3. The van der Waals surface area contributed by atoms with Crippen molar-refractivity contribution in [3.63, 3.8) is 0 Å². The first-order valence-corrected chi connectivity index (χ1v) is 4.19. The van der Waals surface area contributed by atoms with Gasteiger partial charge < -0.3 is 9.84 Å². The summed E-state index contributed by atoms with van der Waals surface area (Å²) in [7, 11) is 0. The predicted octanol–water partition coefficient (Wildman–Crippen LogP) is 1.88. The Hall–Kier alpha value is -1.51. The number of rotatable bonds is 2. The molecule has 0 heterocycles. The third kappa shape index (κ3) is 2.47. The van der Waals surface area contributed by atoms with Gasteiger partial charge in [-0.3, -0.25) is 0 Å². The number of esters is 1. The summed E-state index contributed by atoms with van der Waals surface area (Å²) >= 11 is 0. The summed E-state index contributed by atoms with van der Waals surface area (Å²) in [4.78, 5) is 11.2. The fourth-order valence-electron chi connectivity index (χ4n) is 1.00. The number of aliphatic hydroxyl groups excluding tert-OH is 1. The summed E-state index contributed by atoms with van der Waals surface area (Å²) in [6, 6.07) is 0. The zero-order valence-electron chi connectivity index (χ0n) is 7.49. The van der Waals surface area contributed by atoms with Crippen LogP contribution in [0.2, 0.25) is 0 Å². The largest absolute Gasteiger partial charge is 0.507 e. The Kier molecular flexibility index (Phi) is 3.31. The number of ether oxygens (including phenoxy) is 1. The Morgan fingerprint density at radius 2 is 2.23 bits per heavy atom. The molecule has 0 saturated carbocycles. The number of carbonyl (C=O) groups is 1. The number of allylic oxidation sites excluding steroid dienone is 3. The van der Waals surface area contributed by atoms with Gasteiger partial charge in [0.05, 0.1) is 6.61 Å². The molecule has 0 radical (unpaired) electrons. The van der Waals surface area contributed by atoms with Crippen molar-refractivity contribution in [3.8, 4) is 0 Å². The van der Waals surface area contributed by atoms with Crippen LogP contribution in [-0.2, 0) is 9.53 Å². The van der Waals surface area contributed by atoms with Gasteiger partial charge in [0.1, 0.15) is 11.3 Å². The molecular weight excluding hydrogens is 168 g/mol. The van der Waals surface area contributed by atoms with Gasteiger partial charge in [0.2, 0.25) is 0 Å². The zero-order chi connectivity index (χ0) is 9.68. The van der Waals surface area contributed by atoms with E-state index in [2.05, 4.69) is 0 Å².